The summed E-state index contributed by atoms with van der Waals surface area (Å²) in [6.07, 6.45) is -2.77. The molecule has 128 valence electrons. The van der Waals surface area contributed by atoms with E-state index in [2.05, 4.69) is 11.1 Å². The number of pyridine rings is 1. The van der Waals surface area contributed by atoms with Crippen LogP contribution in [0.15, 0.2) is 30.5 Å². The molecule has 1 aromatic carbocycles. The molecular weight excluding hydrogens is 341 g/mol. The van der Waals surface area contributed by atoms with Gasteiger partial charge in [-0.15, -0.1) is 12.4 Å². The molecule has 1 saturated heterocycles. The Bertz CT molecular complexity index is 772. The Kier molecular flexibility index (Phi) is 5.21. The maximum atomic E-state index is 13.1. The van der Waals surface area contributed by atoms with E-state index in [9.17, 15) is 13.2 Å². The Balaban J connectivity index is 0.00000208. The summed E-state index contributed by atoms with van der Waals surface area (Å²) in [6.45, 7) is 0.218. The van der Waals surface area contributed by atoms with Gasteiger partial charge < -0.3 is 10.6 Å². The van der Waals surface area contributed by atoms with Crippen LogP contribution in [0.3, 0.4) is 0 Å². The number of alkyl halides is 3. The Morgan fingerprint density at radius 1 is 1.25 bits per heavy atom. The zero-order chi connectivity index (χ0) is 16.6. The van der Waals surface area contributed by atoms with Crippen molar-refractivity contribution in [2.75, 3.05) is 18.0 Å². The highest BCUT2D eigenvalue weighted by Gasteiger charge is 2.44. The molecule has 0 bridgehead atoms. The van der Waals surface area contributed by atoms with Gasteiger partial charge in [0.25, 0.3) is 0 Å². The van der Waals surface area contributed by atoms with Crippen LogP contribution in [-0.2, 0) is 0 Å². The fourth-order valence-electron chi connectivity index (χ4n) is 3.10. The van der Waals surface area contributed by atoms with Crippen molar-refractivity contribution < 1.29 is 13.2 Å². The second-order valence-corrected chi connectivity index (χ2v) is 5.78. The highest BCUT2D eigenvalue weighted by Crippen LogP contribution is 2.36. The number of hydrogen-bond acceptors (Lipinski definition) is 4. The van der Waals surface area contributed by atoms with Gasteiger partial charge in [-0.1, -0.05) is 0 Å². The van der Waals surface area contributed by atoms with Gasteiger partial charge in [-0.2, -0.15) is 18.4 Å². The number of nitrogens with zero attached hydrogens (tertiary/aromatic N) is 3. The molecule has 3 rings (SSSR count). The van der Waals surface area contributed by atoms with Crippen molar-refractivity contribution in [1.82, 2.24) is 4.98 Å². The van der Waals surface area contributed by atoms with Crippen LogP contribution in [-0.4, -0.2) is 30.3 Å². The Morgan fingerprint density at radius 3 is 2.67 bits per heavy atom. The summed E-state index contributed by atoms with van der Waals surface area (Å²) < 4.78 is 39.3. The molecule has 1 aromatic heterocycles. The molecule has 4 nitrogen and oxygen atoms in total. The molecule has 0 radical (unpaired) electrons. The highest BCUT2D eigenvalue weighted by atomic mass is 35.5. The van der Waals surface area contributed by atoms with Crippen molar-refractivity contribution >= 4 is 29.0 Å². The number of benzene rings is 1. The van der Waals surface area contributed by atoms with Crippen LogP contribution < -0.4 is 10.6 Å². The van der Waals surface area contributed by atoms with E-state index < -0.39 is 18.1 Å². The predicted molar refractivity (Wildman–Crippen MR) is 88.1 cm³/mol. The summed E-state index contributed by atoms with van der Waals surface area (Å²) in [5, 5.41) is 9.82. The molecule has 0 amide bonds. The van der Waals surface area contributed by atoms with Gasteiger partial charge in [0.05, 0.1) is 17.0 Å². The number of halogens is 4. The molecule has 0 aliphatic carbocycles. The maximum absolute atomic E-state index is 13.1. The molecule has 0 unspecified atom stereocenters. The minimum Gasteiger partial charge on any atom is -0.369 e. The lowest BCUT2D eigenvalue weighted by atomic mass is 9.93. The van der Waals surface area contributed by atoms with E-state index in [1.54, 1.807) is 35.4 Å². The first-order chi connectivity index (χ1) is 10.9. The minimum absolute atomic E-state index is 0. The third-order valence-electron chi connectivity index (χ3n) is 4.15. The van der Waals surface area contributed by atoms with Gasteiger partial charge in [0.2, 0.25) is 0 Å². The smallest absolute Gasteiger partial charge is 0.369 e. The standard InChI is InChI=1S/C16H15F3N4.ClH/c17-16(18,19)11-6-12(21)9-23(8-11)14-4-3-10(7-20)15-13(14)2-1-5-22-15;/h1-5,11-12H,6,8-9,21H2;1H/t11-,12+;/m1./s1. The number of fused-ring (bicyclic) bond motifs is 1. The molecule has 1 fully saturated rings. The SMILES string of the molecule is Cl.N#Cc1ccc(N2C[C@@H](N)C[C@@H](C(F)(F)F)C2)c2cccnc12. The number of nitrogens with two attached hydrogens (primary N) is 1. The van der Waals surface area contributed by atoms with E-state index in [4.69, 9.17) is 11.0 Å². The minimum atomic E-state index is -4.27. The number of rotatable bonds is 1. The Morgan fingerprint density at radius 2 is 2.00 bits per heavy atom. The van der Waals surface area contributed by atoms with E-state index in [-0.39, 0.29) is 25.4 Å². The van der Waals surface area contributed by atoms with Crippen LogP contribution in [0.2, 0.25) is 0 Å². The monoisotopic (exact) mass is 356 g/mol. The summed E-state index contributed by atoms with van der Waals surface area (Å²) in [4.78, 5) is 5.84. The molecule has 24 heavy (non-hydrogen) atoms. The molecule has 1 aliphatic rings. The largest absolute Gasteiger partial charge is 0.393 e. The molecule has 2 N–H and O–H groups in total. The summed E-state index contributed by atoms with van der Waals surface area (Å²) in [5.74, 6) is -1.45. The average molecular weight is 357 g/mol. The highest BCUT2D eigenvalue weighted by molar-refractivity contribution is 5.95. The second kappa shape index (κ2) is 6.83. The van der Waals surface area contributed by atoms with E-state index in [1.165, 1.54) is 0 Å². The van der Waals surface area contributed by atoms with Crippen LogP contribution in [0.1, 0.15) is 12.0 Å². The van der Waals surface area contributed by atoms with Crippen LogP contribution in [0, 0.1) is 17.2 Å². The molecule has 1 aliphatic heterocycles. The maximum Gasteiger partial charge on any atom is 0.393 e. The van der Waals surface area contributed by atoms with Crippen LogP contribution >= 0.6 is 12.4 Å². The van der Waals surface area contributed by atoms with Gasteiger partial charge >= 0.3 is 6.18 Å². The van der Waals surface area contributed by atoms with Crippen molar-refractivity contribution in [3.63, 3.8) is 0 Å². The Labute approximate surface area is 143 Å². The fourth-order valence-corrected chi connectivity index (χ4v) is 3.10. The first-order valence-corrected chi connectivity index (χ1v) is 7.25. The molecule has 2 atom stereocenters. The molecule has 0 spiro atoms. The van der Waals surface area contributed by atoms with Crippen molar-refractivity contribution in [2.45, 2.75) is 18.6 Å². The lowest BCUT2D eigenvalue weighted by Crippen LogP contribution is -2.51. The molecule has 2 heterocycles. The topological polar surface area (TPSA) is 65.9 Å². The fraction of sp³-hybridized carbons (Fsp3) is 0.375. The van der Waals surface area contributed by atoms with Crippen molar-refractivity contribution in [3.8, 4) is 6.07 Å². The average Bonchev–Trinajstić information content (AvgIpc) is 2.52. The van der Waals surface area contributed by atoms with Crippen molar-refractivity contribution in [3.05, 3.63) is 36.0 Å². The molecule has 0 saturated carbocycles. The summed E-state index contributed by atoms with van der Waals surface area (Å²) in [6, 6.07) is 8.25. The molecule has 2 aromatic rings. The molecular formula is C16H16ClF3N4. The lowest BCUT2D eigenvalue weighted by molar-refractivity contribution is -0.177. The van der Waals surface area contributed by atoms with Gasteiger partial charge in [0.15, 0.2) is 0 Å². The van der Waals surface area contributed by atoms with E-state index in [0.29, 0.717) is 28.7 Å². The number of aromatic nitrogens is 1. The van der Waals surface area contributed by atoms with Gasteiger partial charge in [-0.3, -0.25) is 4.98 Å². The third-order valence-corrected chi connectivity index (χ3v) is 4.15. The first kappa shape index (κ1) is 18.3. The zero-order valence-electron chi connectivity index (χ0n) is 12.6. The van der Waals surface area contributed by atoms with Gasteiger partial charge in [0.1, 0.15) is 6.07 Å². The normalized spacial score (nSPS) is 21.2. The van der Waals surface area contributed by atoms with Gasteiger partial charge in [0, 0.05) is 36.4 Å². The van der Waals surface area contributed by atoms with Crippen molar-refractivity contribution in [2.24, 2.45) is 11.7 Å². The second-order valence-electron chi connectivity index (χ2n) is 5.78. The van der Waals surface area contributed by atoms with Crippen molar-refractivity contribution in [1.29, 1.82) is 5.26 Å². The van der Waals surface area contributed by atoms with Crippen LogP contribution in [0.4, 0.5) is 18.9 Å². The molecule has 8 heteroatoms. The number of nitriles is 1. The number of anilines is 1. The van der Waals surface area contributed by atoms with E-state index in [0.717, 1.165) is 0 Å². The Hall–Kier alpha value is -2.04. The third kappa shape index (κ3) is 3.40. The lowest BCUT2D eigenvalue weighted by Gasteiger charge is -2.38. The predicted octanol–water partition coefficient (Wildman–Crippen LogP) is 3.24. The van der Waals surface area contributed by atoms with E-state index in [1.807, 2.05) is 0 Å². The van der Waals surface area contributed by atoms with E-state index >= 15 is 0 Å². The number of piperidine rings is 1. The first-order valence-electron chi connectivity index (χ1n) is 7.25. The zero-order valence-corrected chi connectivity index (χ0v) is 13.4. The quantitative estimate of drug-likeness (QED) is 0.851. The van der Waals surface area contributed by atoms with Gasteiger partial charge in [-0.25, -0.2) is 0 Å². The van der Waals surface area contributed by atoms with Crippen LogP contribution in [0.5, 0.6) is 0 Å². The van der Waals surface area contributed by atoms with Gasteiger partial charge in [-0.05, 0) is 30.7 Å². The number of hydrogen-bond donors (Lipinski definition) is 1. The summed E-state index contributed by atoms with van der Waals surface area (Å²) in [7, 11) is 0. The summed E-state index contributed by atoms with van der Waals surface area (Å²) >= 11 is 0. The van der Waals surface area contributed by atoms with Crippen LogP contribution in [0.25, 0.3) is 10.9 Å². The summed E-state index contributed by atoms with van der Waals surface area (Å²) in [5.41, 5.74) is 7.37.